The van der Waals surface area contributed by atoms with Crippen LogP contribution in [-0.2, 0) is 0 Å². The summed E-state index contributed by atoms with van der Waals surface area (Å²) in [6, 6.07) is 5.62. The van der Waals surface area contributed by atoms with Crippen molar-refractivity contribution in [1.29, 1.82) is 0 Å². The second kappa shape index (κ2) is 4.62. The number of rotatable bonds is 2. The standard InChI is InChI=1S/C10H4Br2N2O4/c11-5-1-7-8(10(3-5)14(17)18)2-6(12)4-9(7)13(15)16/h1-4H. The van der Waals surface area contributed by atoms with E-state index in [1.54, 1.807) is 0 Å². The van der Waals surface area contributed by atoms with Gasteiger partial charge in [-0.1, -0.05) is 31.9 Å². The third kappa shape index (κ3) is 2.21. The van der Waals surface area contributed by atoms with Crippen LogP contribution >= 0.6 is 31.9 Å². The van der Waals surface area contributed by atoms with E-state index in [2.05, 4.69) is 31.9 Å². The molecule has 0 atom stereocenters. The summed E-state index contributed by atoms with van der Waals surface area (Å²) in [5, 5.41) is 22.4. The number of nitrogens with zero attached hydrogens (tertiary/aromatic N) is 2. The van der Waals surface area contributed by atoms with Gasteiger partial charge in [0.2, 0.25) is 0 Å². The molecule has 0 bridgehead atoms. The van der Waals surface area contributed by atoms with Gasteiger partial charge in [-0.15, -0.1) is 0 Å². The van der Waals surface area contributed by atoms with Crippen LogP contribution < -0.4 is 0 Å². The third-order valence-corrected chi connectivity index (χ3v) is 3.26. The first-order valence-electron chi connectivity index (χ1n) is 4.61. The summed E-state index contributed by atoms with van der Waals surface area (Å²) in [4.78, 5) is 20.8. The van der Waals surface area contributed by atoms with Crippen molar-refractivity contribution in [1.82, 2.24) is 0 Å². The molecular formula is C10H4Br2N2O4. The number of hydrogen-bond donors (Lipinski definition) is 0. The Morgan fingerprint density at radius 2 is 1.11 bits per heavy atom. The SMILES string of the molecule is O=[N+]([O-])c1cc(Br)cc2c([N+](=O)[O-])cc(Br)cc12. The van der Waals surface area contributed by atoms with Crippen molar-refractivity contribution in [3.05, 3.63) is 53.4 Å². The van der Waals surface area contributed by atoms with Gasteiger partial charge in [0.05, 0.1) is 20.6 Å². The van der Waals surface area contributed by atoms with Gasteiger partial charge in [-0.2, -0.15) is 0 Å². The lowest BCUT2D eigenvalue weighted by Crippen LogP contribution is -1.94. The fourth-order valence-electron chi connectivity index (χ4n) is 1.66. The Labute approximate surface area is 117 Å². The van der Waals surface area contributed by atoms with Crippen LogP contribution in [0.5, 0.6) is 0 Å². The predicted molar refractivity (Wildman–Crippen MR) is 72.7 cm³/mol. The average Bonchev–Trinajstić information content (AvgIpc) is 2.27. The molecule has 0 aromatic heterocycles. The van der Waals surface area contributed by atoms with E-state index in [4.69, 9.17) is 0 Å². The van der Waals surface area contributed by atoms with Crippen molar-refractivity contribution in [2.24, 2.45) is 0 Å². The number of nitro benzene ring substituents is 2. The van der Waals surface area contributed by atoms with E-state index in [9.17, 15) is 20.2 Å². The zero-order valence-corrected chi connectivity index (χ0v) is 11.8. The summed E-state index contributed by atoms with van der Waals surface area (Å²) in [5.41, 5.74) is -0.354. The molecular weight excluding hydrogens is 372 g/mol. The summed E-state index contributed by atoms with van der Waals surface area (Å²) < 4.78 is 0.847. The molecule has 0 spiro atoms. The lowest BCUT2D eigenvalue weighted by Gasteiger charge is -2.03. The van der Waals surface area contributed by atoms with Gasteiger partial charge < -0.3 is 0 Å². The number of non-ortho nitro benzene ring substituents is 2. The summed E-state index contributed by atoms with van der Waals surface area (Å²) >= 11 is 6.23. The molecule has 0 heterocycles. The van der Waals surface area contributed by atoms with E-state index < -0.39 is 9.85 Å². The van der Waals surface area contributed by atoms with Gasteiger partial charge in [-0.05, 0) is 12.1 Å². The number of hydrogen-bond acceptors (Lipinski definition) is 4. The van der Waals surface area contributed by atoms with Crippen LogP contribution in [0.3, 0.4) is 0 Å². The molecule has 0 saturated heterocycles. The normalized spacial score (nSPS) is 10.6. The molecule has 0 amide bonds. The number of nitro groups is 2. The number of halogens is 2. The first-order chi connectivity index (χ1) is 8.40. The van der Waals surface area contributed by atoms with Crippen molar-refractivity contribution < 1.29 is 9.85 Å². The second-order valence-electron chi connectivity index (χ2n) is 3.46. The van der Waals surface area contributed by atoms with Crippen LogP contribution in [-0.4, -0.2) is 9.85 Å². The maximum absolute atomic E-state index is 11.0. The quantitative estimate of drug-likeness (QED) is 0.581. The van der Waals surface area contributed by atoms with Gasteiger partial charge in [0, 0.05) is 21.1 Å². The van der Waals surface area contributed by atoms with Gasteiger partial charge in [-0.3, -0.25) is 20.2 Å². The van der Waals surface area contributed by atoms with Crippen molar-refractivity contribution in [3.63, 3.8) is 0 Å². The highest BCUT2D eigenvalue weighted by molar-refractivity contribution is 9.10. The second-order valence-corrected chi connectivity index (χ2v) is 5.29. The summed E-state index contributed by atoms with van der Waals surface area (Å²) in [6.07, 6.45) is 0. The van der Waals surface area contributed by atoms with Crippen LogP contribution in [0.4, 0.5) is 11.4 Å². The Bertz CT molecular complexity index is 628. The minimum absolute atomic E-state index is 0.177. The van der Waals surface area contributed by atoms with Crippen molar-refractivity contribution in [2.45, 2.75) is 0 Å². The first-order valence-corrected chi connectivity index (χ1v) is 6.20. The van der Waals surface area contributed by atoms with E-state index in [1.807, 2.05) is 0 Å². The summed E-state index contributed by atoms with van der Waals surface area (Å²) in [6.45, 7) is 0. The Kier molecular flexibility index (Phi) is 3.31. The average molecular weight is 376 g/mol. The van der Waals surface area contributed by atoms with Crippen LogP contribution in [0.2, 0.25) is 0 Å². The third-order valence-electron chi connectivity index (χ3n) is 2.35. The molecule has 2 aromatic rings. The monoisotopic (exact) mass is 374 g/mol. The molecule has 92 valence electrons. The van der Waals surface area contributed by atoms with Gasteiger partial charge in [0.15, 0.2) is 0 Å². The molecule has 0 fully saturated rings. The van der Waals surface area contributed by atoms with Crippen molar-refractivity contribution in [2.75, 3.05) is 0 Å². The minimum atomic E-state index is -0.566. The summed E-state index contributed by atoms with van der Waals surface area (Å²) in [7, 11) is 0. The highest BCUT2D eigenvalue weighted by atomic mass is 79.9. The highest BCUT2D eigenvalue weighted by Crippen LogP contribution is 2.37. The fraction of sp³-hybridized carbons (Fsp3) is 0. The molecule has 18 heavy (non-hydrogen) atoms. The van der Waals surface area contributed by atoms with Crippen molar-refractivity contribution in [3.8, 4) is 0 Å². The first kappa shape index (κ1) is 12.9. The molecule has 0 aliphatic heterocycles. The zero-order chi connectivity index (χ0) is 13.4. The Morgan fingerprint density at radius 3 is 1.39 bits per heavy atom. The topological polar surface area (TPSA) is 86.3 Å². The lowest BCUT2D eigenvalue weighted by molar-refractivity contribution is -0.384. The molecule has 2 rings (SSSR count). The zero-order valence-electron chi connectivity index (χ0n) is 8.59. The predicted octanol–water partition coefficient (Wildman–Crippen LogP) is 4.18. The molecule has 0 unspecified atom stereocenters. The maximum Gasteiger partial charge on any atom is 0.278 e. The van der Waals surface area contributed by atoms with Crippen LogP contribution in [0.1, 0.15) is 0 Å². The molecule has 0 aliphatic rings. The molecule has 0 aliphatic carbocycles. The molecule has 6 nitrogen and oxygen atoms in total. The van der Waals surface area contributed by atoms with E-state index in [-0.39, 0.29) is 22.1 Å². The van der Waals surface area contributed by atoms with Gasteiger partial charge in [0.1, 0.15) is 0 Å². The minimum Gasteiger partial charge on any atom is -0.258 e. The van der Waals surface area contributed by atoms with Gasteiger partial charge in [0.25, 0.3) is 11.4 Å². The maximum atomic E-state index is 11.0. The van der Waals surface area contributed by atoms with Crippen LogP contribution in [0.15, 0.2) is 33.2 Å². The molecule has 0 saturated carbocycles. The summed E-state index contributed by atoms with van der Waals surface area (Å²) in [5.74, 6) is 0. The Hall–Kier alpha value is -1.54. The molecule has 2 aromatic carbocycles. The number of fused-ring (bicyclic) bond motifs is 1. The van der Waals surface area contributed by atoms with E-state index in [0.29, 0.717) is 8.95 Å². The van der Waals surface area contributed by atoms with Crippen molar-refractivity contribution >= 4 is 54.0 Å². The Balaban J connectivity index is 2.98. The lowest BCUT2D eigenvalue weighted by atomic mass is 10.1. The molecule has 0 N–H and O–H groups in total. The van der Waals surface area contributed by atoms with Crippen LogP contribution in [0, 0.1) is 20.2 Å². The largest absolute Gasteiger partial charge is 0.278 e. The smallest absolute Gasteiger partial charge is 0.258 e. The van der Waals surface area contributed by atoms with Crippen LogP contribution in [0.25, 0.3) is 10.8 Å². The van der Waals surface area contributed by atoms with E-state index >= 15 is 0 Å². The molecule has 8 heteroatoms. The fourth-order valence-corrected chi connectivity index (χ4v) is 2.55. The highest BCUT2D eigenvalue weighted by Gasteiger charge is 2.21. The number of benzene rings is 2. The van der Waals surface area contributed by atoms with E-state index in [0.717, 1.165) is 0 Å². The Morgan fingerprint density at radius 1 is 0.778 bits per heavy atom. The van der Waals surface area contributed by atoms with E-state index in [1.165, 1.54) is 24.3 Å². The van der Waals surface area contributed by atoms with Gasteiger partial charge in [-0.25, -0.2) is 0 Å². The molecule has 0 radical (unpaired) electrons. The van der Waals surface area contributed by atoms with Gasteiger partial charge >= 0.3 is 0 Å².